The summed E-state index contributed by atoms with van der Waals surface area (Å²) in [5.74, 6) is 7.02. The molecule has 0 radical (unpaired) electrons. The number of hydrogen-bond acceptors (Lipinski definition) is 4. The Hall–Kier alpha value is -1.67. The van der Waals surface area contributed by atoms with E-state index in [9.17, 15) is 0 Å². The maximum atomic E-state index is 8.67. The Bertz CT molecular complexity index is 635. The minimum absolute atomic E-state index is 0.143. The zero-order valence-corrected chi connectivity index (χ0v) is 12.8. The molecule has 2 rings (SSSR count). The van der Waals surface area contributed by atoms with Gasteiger partial charge >= 0.3 is 0 Å². The molecule has 0 bridgehead atoms. The van der Waals surface area contributed by atoms with Gasteiger partial charge in [-0.2, -0.15) is 0 Å². The van der Waals surface area contributed by atoms with Crippen LogP contribution in [-0.2, 0) is 0 Å². The van der Waals surface area contributed by atoms with Crippen molar-refractivity contribution in [3.63, 3.8) is 0 Å². The first kappa shape index (κ1) is 15.7. The summed E-state index contributed by atoms with van der Waals surface area (Å²) in [6, 6.07) is 11.2. The van der Waals surface area contributed by atoms with Gasteiger partial charge in [-0.15, -0.1) is 11.8 Å². The van der Waals surface area contributed by atoms with Crippen LogP contribution in [0.15, 0.2) is 47.6 Å². The summed E-state index contributed by atoms with van der Waals surface area (Å²) in [4.78, 5) is 4.20. The molecule has 1 heterocycles. The zero-order chi connectivity index (χ0) is 14.9. The van der Waals surface area contributed by atoms with E-state index in [1.807, 2.05) is 36.4 Å². The normalized spacial score (nSPS) is 9.81. The summed E-state index contributed by atoms with van der Waals surface area (Å²) in [5.41, 5.74) is 0.827. The Morgan fingerprint density at radius 3 is 2.95 bits per heavy atom. The number of pyridine rings is 1. The van der Waals surface area contributed by atoms with E-state index in [-0.39, 0.29) is 6.61 Å². The number of thioether (sulfide) groups is 1. The van der Waals surface area contributed by atoms with Crippen molar-refractivity contribution < 1.29 is 9.84 Å². The van der Waals surface area contributed by atoms with Gasteiger partial charge in [-0.3, -0.25) is 0 Å². The third-order valence-corrected chi connectivity index (χ3v) is 3.58. The van der Waals surface area contributed by atoms with E-state index in [1.165, 1.54) is 0 Å². The number of rotatable bonds is 5. The monoisotopic (exact) mass is 319 g/mol. The molecule has 0 atom stereocenters. The van der Waals surface area contributed by atoms with Crippen LogP contribution in [0.25, 0.3) is 0 Å². The lowest BCUT2D eigenvalue weighted by Crippen LogP contribution is -2.00. The lowest BCUT2D eigenvalue weighted by molar-refractivity contribution is 0.344. The molecule has 2 aromatic rings. The van der Waals surface area contributed by atoms with Crippen molar-refractivity contribution in [2.45, 2.75) is 5.03 Å². The number of hydrogen-bond donors (Lipinski definition) is 1. The number of ether oxygens (including phenoxy) is 1. The van der Waals surface area contributed by atoms with Crippen LogP contribution in [0, 0.1) is 11.8 Å². The minimum Gasteiger partial charge on any atom is -0.493 e. The molecule has 0 aliphatic heterocycles. The molecule has 0 unspecified atom stereocenters. The van der Waals surface area contributed by atoms with Crippen molar-refractivity contribution in [3.8, 4) is 17.6 Å². The van der Waals surface area contributed by atoms with Crippen molar-refractivity contribution in [3.05, 3.63) is 53.2 Å². The standard InChI is InChI=1S/C16H14ClNO2S/c17-14-6-7-16(18-12-14)21-10-9-20-15-5-1-3-13(11-15)4-2-8-19/h1,3,5-7,11-12,19H,8-10H2. The summed E-state index contributed by atoms with van der Waals surface area (Å²) >= 11 is 7.39. The Labute approximate surface area is 133 Å². The van der Waals surface area contributed by atoms with E-state index < -0.39 is 0 Å². The molecule has 0 aliphatic carbocycles. The Balaban J connectivity index is 1.79. The summed E-state index contributed by atoms with van der Waals surface area (Å²) in [5, 5.41) is 10.2. The quantitative estimate of drug-likeness (QED) is 0.522. The topological polar surface area (TPSA) is 42.4 Å². The van der Waals surface area contributed by atoms with Gasteiger partial charge in [0.2, 0.25) is 0 Å². The fraction of sp³-hybridized carbons (Fsp3) is 0.188. The first-order valence-electron chi connectivity index (χ1n) is 6.35. The zero-order valence-electron chi connectivity index (χ0n) is 11.3. The number of halogens is 1. The highest BCUT2D eigenvalue weighted by atomic mass is 35.5. The first-order chi connectivity index (χ1) is 10.3. The maximum Gasteiger partial charge on any atom is 0.120 e. The molecular weight excluding hydrogens is 306 g/mol. The van der Waals surface area contributed by atoms with Crippen LogP contribution in [0.4, 0.5) is 0 Å². The second kappa shape index (κ2) is 8.58. The highest BCUT2D eigenvalue weighted by molar-refractivity contribution is 7.99. The van der Waals surface area contributed by atoms with E-state index in [4.69, 9.17) is 21.4 Å². The molecule has 0 aliphatic rings. The van der Waals surface area contributed by atoms with Crippen LogP contribution < -0.4 is 4.74 Å². The Morgan fingerprint density at radius 1 is 1.29 bits per heavy atom. The Kier molecular flexibility index (Phi) is 6.42. The van der Waals surface area contributed by atoms with Crippen LogP contribution >= 0.6 is 23.4 Å². The van der Waals surface area contributed by atoms with Crippen molar-refractivity contribution in [1.82, 2.24) is 4.98 Å². The lowest BCUT2D eigenvalue weighted by atomic mass is 10.2. The van der Waals surface area contributed by atoms with Gasteiger partial charge in [0.1, 0.15) is 12.4 Å². The van der Waals surface area contributed by atoms with Crippen LogP contribution in [0.2, 0.25) is 5.02 Å². The summed E-state index contributed by atoms with van der Waals surface area (Å²) in [7, 11) is 0. The summed E-state index contributed by atoms with van der Waals surface area (Å²) < 4.78 is 5.67. The summed E-state index contributed by atoms with van der Waals surface area (Å²) in [6.07, 6.45) is 1.63. The van der Waals surface area contributed by atoms with Gasteiger partial charge in [0.25, 0.3) is 0 Å². The van der Waals surface area contributed by atoms with Gasteiger partial charge in [0, 0.05) is 17.5 Å². The molecule has 0 saturated carbocycles. The highest BCUT2D eigenvalue weighted by Gasteiger charge is 1.98. The van der Waals surface area contributed by atoms with Gasteiger partial charge in [0.15, 0.2) is 0 Å². The Morgan fingerprint density at radius 2 is 2.19 bits per heavy atom. The van der Waals surface area contributed by atoms with Gasteiger partial charge in [-0.05, 0) is 30.3 Å². The van der Waals surface area contributed by atoms with Crippen molar-refractivity contribution in [1.29, 1.82) is 0 Å². The fourth-order valence-corrected chi connectivity index (χ4v) is 2.34. The van der Waals surface area contributed by atoms with Gasteiger partial charge in [-0.25, -0.2) is 4.98 Å². The molecular formula is C16H14ClNO2S. The average Bonchev–Trinajstić information content (AvgIpc) is 2.52. The average molecular weight is 320 g/mol. The minimum atomic E-state index is -0.143. The molecule has 108 valence electrons. The van der Waals surface area contributed by atoms with E-state index in [1.54, 1.807) is 18.0 Å². The van der Waals surface area contributed by atoms with Crippen molar-refractivity contribution in [2.24, 2.45) is 0 Å². The molecule has 0 saturated heterocycles. The number of aliphatic hydroxyl groups is 1. The number of benzene rings is 1. The van der Waals surface area contributed by atoms with Crippen LogP contribution in [-0.4, -0.2) is 29.1 Å². The second-order valence-electron chi connectivity index (χ2n) is 4.00. The van der Waals surface area contributed by atoms with E-state index in [0.717, 1.165) is 22.1 Å². The third-order valence-electron chi connectivity index (χ3n) is 2.45. The van der Waals surface area contributed by atoms with E-state index >= 15 is 0 Å². The van der Waals surface area contributed by atoms with Crippen molar-refractivity contribution in [2.75, 3.05) is 19.0 Å². The highest BCUT2D eigenvalue weighted by Crippen LogP contribution is 2.18. The largest absolute Gasteiger partial charge is 0.493 e. The molecule has 0 fully saturated rings. The third kappa shape index (κ3) is 5.68. The fourth-order valence-electron chi connectivity index (χ4n) is 1.56. The first-order valence-corrected chi connectivity index (χ1v) is 7.71. The van der Waals surface area contributed by atoms with Crippen LogP contribution in [0.3, 0.4) is 0 Å². The molecule has 3 nitrogen and oxygen atoms in total. The van der Waals surface area contributed by atoms with Gasteiger partial charge in [-0.1, -0.05) is 29.5 Å². The molecule has 21 heavy (non-hydrogen) atoms. The SMILES string of the molecule is OCC#Cc1cccc(OCCSc2ccc(Cl)cn2)c1. The van der Waals surface area contributed by atoms with Crippen LogP contribution in [0.1, 0.15) is 5.56 Å². The molecule has 1 N–H and O–H groups in total. The molecule has 0 amide bonds. The molecule has 1 aromatic carbocycles. The smallest absolute Gasteiger partial charge is 0.120 e. The van der Waals surface area contributed by atoms with Crippen LogP contribution in [0.5, 0.6) is 5.75 Å². The molecule has 0 spiro atoms. The maximum absolute atomic E-state index is 8.67. The van der Waals surface area contributed by atoms with Crippen molar-refractivity contribution >= 4 is 23.4 Å². The second-order valence-corrected chi connectivity index (χ2v) is 5.55. The lowest BCUT2D eigenvalue weighted by Gasteiger charge is -2.06. The number of nitrogens with zero attached hydrogens (tertiary/aromatic N) is 1. The predicted molar refractivity (Wildman–Crippen MR) is 85.9 cm³/mol. The van der Waals surface area contributed by atoms with Gasteiger partial charge in [0.05, 0.1) is 16.7 Å². The number of aromatic nitrogens is 1. The predicted octanol–water partition coefficient (Wildman–Crippen LogP) is 3.25. The molecule has 5 heteroatoms. The van der Waals surface area contributed by atoms with E-state index in [2.05, 4.69) is 16.8 Å². The van der Waals surface area contributed by atoms with Gasteiger partial charge < -0.3 is 9.84 Å². The molecule has 1 aromatic heterocycles. The summed E-state index contributed by atoms with van der Waals surface area (Å²) in [6.45, 7) is 0.432. The number of aliphatic hydroxyl groups excluding tert-OH is 1. The van der Waals surface area contributed by atoms with E-state index in [0.29, 0.717) is 11.6 Å².